The first-order valence-corrected chi connectivity index (χ1v) is 13.5. The molecule has 2 aliphatic carbocycles. The van der Waals surface area contributed by atoms with Crippen molar-refractivity contribution in [2.75, 3.05) is 0 Å². The van der Waals surface area contributed by atoms with Crippen molar-refractivity contribution in [1.29, 1.82) is 0 Å². The summed E-state index contributed by atoms with van der Waals surface area (Å²) >= 11 is 0. The van der Waals surface area contributed by atoms with E-state index in [1.165, 1.54) is 121 Å². The van der Waals surface area contributed by atoms with Crippen LogP contribution in [0.25, 0.3) is 0 Å². The van der Waals surface area contributed by atoms with Crippen molar-refractivity contribution >= 4 is 0 Å². The Morgan fingerprint density at radius 2 is 1.53 bits per heavy atom. The molecule has 0 amide bonds. The maximum Gasteiger partial charge on any atom is 0.127 e. The number of hydrogen-bond acceptors (Lipinski definition) is 0. The first kappa shape index (κ1) is 23.8. The van der Waals surface area contributed by atoms with Crippen LogP contribution in [-0.2, 0) is 5.41 Å². The van der Waals surface area contributed by atoms with Crippen LogP contribution in [0.3, 0.4) is 0 Å². The van der Waals surface area contributed by atoms with Crippen LogP contribution in [0.5, 0.6) is 0 Å². The Morgan fingerprint density at radius 1 is 0.833 bits per heavy atom. The molecule has 1 heteroatoms. The van der Waals surface area contributed by atoms with Gasteiger partial charge >= 0.3 is 0 Å². The Bertz CT molecular complexity index is 605. The molecule has 2 aliphatic rings. The Kier molecular flexibility index (Phi) is 9.72. The van der Waals surface area contributed by atoms with Crippen LogP contribution >= 0.6 is 0 Å². The van der Waals surface area contributed by atoms with E-state index in [0.717, 1.165) is 11.5 Å². The molecular weight excluding hydrogens is 367 g/mol. The fourth-order valence-electron chi connectivity index (χ4n) is 6.53. The van der Waals surface area contributed by atoms with Crippen LogP contribution in [0.15, 0.2) is 18.2 Å². The highest BCUT2D eigenvalue weighted by Gasteiger charge is 2.35. The molecule has 0 aliphatic heterocycles. The number of benzene rings is 1. The maximum absolute atomic E-state index is 15.5. The third kappa shape index (κ3) is 6.33. The topological polar surface area (TPSA) is 0 Å². The predicted octanol–water partition coefficient (Wildman–Crippen LogP) is 9.85. The van der Waals surface area contributed by atoms with Gasteiger partial charge in [-0.05, 0) is 79.4 Å². The molecule has 2 fully saturated rings. The van der Waals surface area contributed by atoms with Gasteiger partial charge in [0.05, 0.1) is 0 Å². The Balaban J connectivity index is 1.64. The molecule has 0 unspecified atom stereocenters. The molecule has 0 radical (unpaired) electrons. The van der Waals surface area contributed by atoms with Crippen molar-refractivity contribution in [2.24, 2.45) is 5.92 Å². The number of rotatable bonds is 11. The van der Waals surface area contributed by atoms with Crippen molar-refractivity contribution in [1.82, 2.24) is 0 Å². The third-order valence-electron chi connectivity index (χ3n) is 8.40. The molecule has 30 heavy (non-hydrogen) atoms. The molecule has 1 aromatic rings. The Labute approximate surface area is 186 Å². The van der Waals surface area contributed by atoms with Gasteiger partial charge in [-0.15, -0.1) is 0 Å². The van der Waals surface area contributed by atoms with E-state index in [1.54, 1.807) is 0 Å². The lowest BCUT2D eigenvalue weighted by molar-refractivity contribution is 0.257. The molecule has 0 saturated heterocycles. The molecule has 2 saturated carbocycles. The number of halogens is 1. The fourth-order valence-corrected chi connectivity index (χ4v) is 6.53. The minimum absolute atomic E-state index is 0.107. The van der Waals surface area contributed by atoms with Crippen LogP contribution in [-0.4, -0.2) is 0 Å². The van der Waals surface area contributed by atoms with E-state index in [0.29, 0.717) is 5.92 Å². The van der Waals surface area contributed by atoms with Gasteiger partial charge in [0.15, 0.2) is 0 Å². The molecule has 0 nitrogen and oxygen atoms in total. The quantitative estimate of drug-likeness (QED) is 0.316. The minimum atomic E-state index is 0.107. The van der Waals surface area contributed by atoms with Crippen LogP contribution < -0.4 is 0 Å². The van der Waals surface area contributed by atoms with Crippen LogP contribution in [0.1, 0.15) is 146 Å². The first-order chi connectivity index (χ1) is 14.7. The van der Waals surface area contributed by atoms with Gasteiger partial charge in [0.1, 0.15) is 5.82 Å². The van der Waals surface area contributed by atoms with Gasteiger partial charge in [-0.3, -0.25) is 0 Å². The lowest BCUT2D eigenvalue weighted by atomic mass is 9.66. The van der Waals surface area contributed by atoms with Gasteiger partial charge < -0.3 is 0 Å². The monoisotopic (exact) mass is 414 g/mol. The molecule has 0 heterocycles. The van der Waals surface area contributed by atoms with Crippen LogP contribution in [0.2, 0.25) is 0 Å². The van der Waals surface area contributed by atoms with Crippen LogP contribution in [0, 0.1) is 11.7 Å². The first-order valence-electron chi connectivity index (χ1n) is 13.5. The van der Waals surface area contributed by atoms with Gasteiger partial charge in [0.2, 0.25) is 0 Å². The summed E-state index contributed by atoms with van der Waals surface area (Å²) in [5.41, 5.74) is 2.45. The summed E-state index contributed by atoms with van der Waals surface area (Å²) in [7, 11) is 0. The van der Waals surface area contributed by atoms with Crippen molar-refractivity contribution in [2.45, 2.75) is 141 Å². The fraction of sp³-hybridized carbons (Fsp3) is 0.793. The van der Waals surface area contributed by atoms with Crippen LogP contribution in [0.4, 0.5) is 4.39 Å². The molecule has 0 bridgehead atoms. The molecule has 1 aromatic carbocycles. The van der Waals surface area contributed by atoms with Gasteiger partial charge in [0.25, 0.3) is 0 Å². The zero-order valence-electron chi connectivity index (χ0n) is 20.0. The van der Waals surface area contributed by atoms with Gasteiger partial charge in [0, 0.05) is 0 Å². The lowest BCUT2D eigenvalue weighted by Gasteiger charge is -2.39. The van der Waals surface area contributed by atoms with E-state index in [9.17, 15) is 0 Å². The smallest absolute Gasteiger partial charge is 0.127 e. The number of unbranched alkanes of at least 4 members (excludes halogenated alkanes) is 5. The molecule has 0 aromatic heterocycles. The Hall–Kier alpha value is -0.850. The predicted molar refractivity (Wildman–Crippen MR) is 129 cm³/mol. The average Bonchev–Trinajstić information content (AvgIpc) is 2.77. The molecule has 0 N–H and O–H groups in total. The molecular formula is C29H47F. The van der Waals surface area contributed by atoms with Gasteiger partial charge in [-0.2, -0.15) is 0 Å². The van der Waals surface area contributed by atoms with E-state index in [-0.39, 0.29) is 11.2 Å². The summed E-state index contributed by atoms with van der Waals surface area (Å²) in [4.78, 5) is 0. The summed E-state index contributed by atoms with van der Waals surface area (Å²) in [6, 6.07) is 6.46. The highest BCUT2D eigenvalue weighted by Crippen LogP contribution is 2.45. The van der Waals surface area contributed by atoms with E-state index in [2.05, 4.69) is 26.0 Å². The zero-order valence-corrected chi connectivity index (χ0v) is 20.0. The van der Waals surface area contributed by atoms with E-state index >= 15 is 4.39 Å². The highest BCUT2D eigenvalue weighted by atomic mass is 19.1. The summed E-state index contributed by atoms with van der Waals surface area (Å²) in [5.74, 6) is 1.61. The zero-order chi connectivity index (χ0) is 21.2. The molecule has 170 valence electrons. The normalized spacial score (nSPS) is 24.1. The van der Waals surface area contributed by atoms with E-state index < -0.39 is 0 Å². The van der Waals surface area contributed by atoms with Crippen molar-refractivity contribution in [3.05, 3.63) is 35.1 Å². The second-order valence-electron chi connectivity index (χ2n) is 10.6. The molecule has 3 rings (SSSR count). The largest absolute Gasteiger partial charge is 0.207 e. The van der Waals surface area contributed by atoms with Gasteiger partial charge in [-0.25, -0.2) is 4.39 Å². The third-order valence-corrected chi connectivity index (χ3v) is 8.40. The van der Waals surface area contributed by atoms with Gasteiger partial charge in [-0.1, -0.05) is 96.6 Å². The number of hydrogen-bond donors (Lipinski definition) is 0. The summed E-state index contributed by atoms with van der Waals surface area (Å²) in [6.45, 7) is 4.58. The second kappa shape index (κ2) is 12.3. The SMILES string of the molecule is CCCCCCCCC1(c2ccc(C3CCC(CCC)CC3)cc2F)CCCCC1. The highest BCUT2D eigenvalue weighted by molar-refractivity contribution is 5.33. The van der Waals surface area contributed by atoms with Crippen molar-refractivity contribution in [3.8, 4) is 0 Å². The molecule has 0 spiro atoms. The van der Waals surface area contributed by atoms with E-state index in [4.69, 9.17) is 0 Å². The van der Waals surface area contributed by atoms with E-state index in [1.807, 2.05) is 6.07 Å². The summed E-state index contributed by atoms with van der Waals surface area (Å²) in [6.07, 6.45) is 23.3. The maximum atomic E-state index is 15.5. The lowest BCUT2D eigenvalue weighted by Crippen LogP contribution is -2.30. The summed E-state index contributed by atoms with van der Waals surface area (Å²) < 4.78 is 15.5. The standard InChI is InChI=1S/C29H47F/c1-3-5-6-7-8-10-20-29(21-11-9-12-22-29)27-19-18-26(23-28(27)30)25-16-14-24(13-4-2)15-17-25/h18-19,23-25H,3-17,20-22H2,1-2H3. The minimum Gasteiger partial charge on any atom is -0.207 e. The van der Waals surface area contributed by atoms with Crippen molar-refractivity contribution in [3.63, 3.8) is 0 Å². The second-order valence-corrected chi connectivity index (χ2v) is 10.6. The van der Waals surface area contributed by atoms with Crippen molar-refractivity contribution < 1.29 is 4.39 Å². The Morgan fingerprint density at radius 3 is 2.20 bits per heavy atom. The molecule has 0 atom stereocenters. The summed E-state index contributed by atoms with van der Waals surface area (Å²) in [5, 5.41) is 0. The average molecular weight is 415 g/mol.